The third kappa shape index (κ3) is 1.85. The largest absolute Gasteiger partial charge is 0.370 e. The fourth-order valence-electron chi connectivity index (χ4n) is 2.32. The molecule has 0 saturated carbocycles. The van der Waals surface area contributed by atoms with E-state index in [2.05, 4.69) is 40.6 Å². The first-order chi connectivity index (χ1) is 8.09. The third-order valence-corrected chi connectivity index (χ3v) is 3.47. The molecule has 2 rings (SSSR count). The van der Waals surface area contributed by atoms with Crippen molar-refractivity contribution >= 4 is 5.96 Å². The summed E-state index contributed by atoms with van der Waals surface area (Å²) in [5.41, 5.74) is 6.65. The number of aromatic nitrogens is 2. The van der Waals surface area contributed by atoms with Crippen LogP contribution < -0.4 is 5.73 Å². The second kappa shape index (κ2) is 4.31. The van der Waals surface area contributed by atoms with Crippen molar-refractivity contribution in [2.45, 2.75) is 38.8 Å². The van der Waals surface area contributed by atoms with Crippen LogP contribution in [0.15, 0.2) is 23.6 Å². The van der Waals surface area contributed by atoms with Crippen LogP contribution in [0.5, 0.6) is 0 Å². The van der Waals surface area contributed by atoms with E-state index in [1.165, 1.54) is 0 Å². The van der Waals surface area contributed by atoms with Gasteiger partial charge in [0.1, 0.15) is 5.54 Å². The Morgan fingerprint density at radius 2 is 2.29 bits per heavy atom. The van der Waals surface area contributed by atoms with Crippen LogP contribution in [0.1, 0.15) is 32.9 Å². The van der Waals surface area contributed by atoms with Gasteiger partial charge in [0.25, 0.3) is 0 Å². The summed E-state index contributed by atoms with van der Waals surface area (Å²) in [5.74, 6) is 0.604. The van der Waals surface area contributed by atoms with E-state index in [1.54, 1.807) is 18.6 Å². The Labute approximate surface area is 102 Å². The molecule has 2 heterocycles. The molecule has 0 spiro atoms. The van der Waals surface area contributed by atoms with E-state index in [0.29, 0.717) is 18.5 Å². The molecule has 1 aromatic rings. The maximum atomic E-state index is 6.00. The summed E-state index contributed by atoms with van der Waals surface area (Å²) in [6.45, 7) is 7.06. The maximum Gasteiger partial charge on any atom is 0.192 e. The molecule has 17 heavy (non-hydrogen) atoms. The molecular formula is C12H19N5. The Bertz CT molecular complexity index is 416. The topological polar surface area (TPSA) is 67.4 Å². The highest BCUT2D eigenvalue weighted by molar-refractivity contribution is 5.81. The van der Waals surface area contributed by atoms with Gasteiger partial charge in [0.05, 0.1) is 18.4 Å². The van der Waals surface area contributed by atoms with E-state index in [-0.39, 0.29) is 5.54 Å². The standard InChI is InChI=1S/C12H19N5/c1-4-9(2)17-11(13)16-8-12(17,3)10-7-14-5-6-15-10/h5-7,9H,4,8H2,1-3H3,(H2,13,16). The minimum atomic E-state index is -0.270. The summed E-state index contributed by atoms with van der Waals surface area (Å²) in [7, 11) is 0. The molecule has 92 valence electrons. The van der Waals surface area contributed by atoms with E-state index in [1.807, 2.05) is 0 Å². The molecule has 5 heteroatoms. The van der Waals surface area contributed by atoms with Gasteiger partial charge in [0.15, 0.2) is 5.96 Å². The van der Waals surface area contributed by atoms with Crippen LogP contribution in [0, 0.1) is 0 Å². The van der Waals surface area contributed by atoms with Crippen molar-refractivity contribution < 1.29 is 0 Å². The van der Waals surface area contributed by atoms with Gasteiger partial charge in [-0.05, 0) is 20.3 Å². The molecule has 2 atom stereocenters. The van der Waals surface area contributed by atoms with E-state index in [0.717, 1.165) is 12.1 Å². The van der Waals surface area contributed by atoms with Gasteiger partial charge in [-0.2, -0.15) is 0 Å². The second-order valence-corrected chi connectivity index (χ2v) is 4.67. The number of nitrogens with two attached hydrogens (primary N) is 1. The molecule has 0 aliphatic carbocycles. The summed E-state index contributed by atoms with van der Waals surface area (Å²) in [5, 5.41) is 0. The first-order valence-corrected chi connectivity index (χ1v) is 5.95. The van der Waals surface area contributed by atoms with Gasteiger partial charge in [0, 0.05) is 18.4 Å². The van der Waals surface area contributed by atoms with Gasteiger partial charge in [-0.15, -0.1) is 0 Å². The quantitative estimate of drug-likeness (QED) is 0.849. The molecule has 1 aromatic heterocycles. The third-order valence-electron chi connectivity index (χ3n) is 3.47. The zero-order chi connectivity index (χ0) is 12.5. The van der Waals surface area contributed by atoms with Crippen LogP contribution in [-0.4, -0.2) is 33.4 Å². The van der Waals surface area contributed by atoms with Crippen molar-refractivity contribution in [1.29, 1.82) is 0 Å². The lowest BCUT2D eigenvalue weighted by atomic mass is 9.95. The minimum Gasteiger partial charge on any atom is -0.370 e. The van der Waals surface area contributed by atoms with Crippen LogP contribution in [0.2, 0.25) is 0 Å². The van der Waals surface area contributed by atoms with Crippen molar-refractivity contribution in [3.63, 3.8) is 0 Å². The Morgan fingerprint density at radius 3 is 2.88 bits per heavy atom. The highest BCUT2D eigenvalue weighted by Gasteiger charge is 2.42. The van der Waals surface area contributed by atoms with Crippen LogP contribution >= 0.6 is 0 Å². The number of aliphatic imine (C=N–C) groups is 1. The Morgan fingerprint density at radius 1 is 1.53 bits per heavy atom. The molecule has 1 aliphatic heterocycles. The van der Waals surface area contributed by atoms with E-state index < -0.39 is 0 Å². The van der Waals surface area contributed by atoms with Gasteiger partial charge < -0.3 is 10.6 Å². The molecule has 5 nitrogen and oxygen atoms in total. The lowest BCUT2D eigenvalue weighted by Crippen LogP contribution is -2.52. The van der Waals surface area contributed by atoms with Crippen molar-refractivity contribution in [3.8, 4) is 0 Å². The van der Waals surface area contributed by atoms with Gasteiger partial charge in [0.2, 0.25) is 0 Å². The molecule has 2 unspecified atom stereocenters. The van der Waals surface area contributed by atoms with Crippen LogP contribution in [-0.2, 0) is 5.54 Å². The van der Waals surface area contributed by atoms with Crippen LogP contribution in [0.25, 0.3) is 0 Å². The van der Waals surface area contributed by atoms with E-state index >= 15 is 0 Å². The Balaban J connectivity index is 2.38. The van der Waals surface area contributed by atoms with Gasteiger partial charge in [-0.1, -0.05) is 6.92 Å². The van der Waals surface area contributed by atoms with Crippen molar-refractivity contribution in [2.75, 3.05) is 6.54 Å². The predicted octanol–water partition coefficient (Wildman–Crippen LogP) is 1.12. The Kier molecular flexibility index (Phi) is 3.00. The summed E-state index contributed by atoms with van der Waals surface area (Å²) in [6, 6.07) is 0.341. The summed E-state index contributed by atoms with van der Waals surface area (Å²) in [6.07, 6.45) is 6.21. The maximum absolute atomic E-state index is 6.00. The molecule has 2 N–H and O–H groups in total. The summed E-state index contributed by atoms with van der Waals surface area (Å²) < 4.78 is 0. The number of rotatable bonds is 3. The fraction of sp³-hybridized carbons (Fsp3) is 0.583. The lowest BCUT2D eigenvalue weighted by molar-refractivity contribution is 0.166. The first-order valence-electron chi connectivity index (χ1n) is 5.95. The molecule has 0 aromatic carbocycles. The summed E-state index contributed by atoms with van der Waals surface area (Å²) >= 11 is 0. The number of guanidine groups is 1. The van der Waals surface area contributed by atoms with Gasteiger partial charge in [-0.25, -0.2) is 0 Å². The lowest BCUT2D eigenvalue weighted by Gasteiger charge is -2.39. The molecule has 0 bridgehead atoms. The minimum absolute atomic E-state index is 0.270. The van der Waals surface area contributed by atoms with Crippen molar-refractivity contribution in [3.05, 3.63) is 24.3 Å². The molecule has 1 aliphatic rings. The average molecular weight is 233 g/mol. The van der Waals surface area contributed by atoms with Crippen molar-refractivity contribution in [2.24, 2.45) is 10.7 Å². The van der Waals surface area contributed by atoms with Gasteiger partial charge >= 0.3 is 0 Å². The smallest absolute Gasteiger partial charge is 0.192 e. The second-order valence-electron chi connectivity index (χ2n) is 4.67. The Hall–Kier alpha value is -1.65. The SMILES string of the molecule is CCC(C)N1C(N)=NCC1(C)c1cnccn1. The zero-order valence-electron chi connectivity index (χ0n) is 10.6. The number of hydrogen-bond acceptors (Lipinski definition) is 5. The highest BCUT2D eigenvalue weighted by Crippen LogP contribution is 2.33. The molecular weight excluding hydrogens is 214 g/mol. The first kappa shape index (κ1) is 11.8. The molecule has 0 amide bonds. The number of hydrogen-bond donors (Lipinski definition) is 1. The molecule has 0 fully saturated rings. The monoisotopic (exact) mass is 233 g/mol. The van der Waals surface area contributed by atoms with Crippen LogP contribution in [0.3, 0.4) is 0 Å². The molecule has 0 radical (unpaired) electrons. The van der Waals surface area contributed by atoms with Gasteiger partial charge in [-0.3, -0.25) is 15.0 Å². The van der Waals surface area contributed by atoms with Crippen LogP contribution in [0.4, 0.5) is 0 Å². The number of nitrogens with zero attached hydrogens (tertiary/aromatic N) is 4. The van der Waals surface area contributed by atoms with Crippen molar-refractivity contribution in [1.82, 2.24) is 14.9 Å². The normalized spacial score (nSPS) is 25.8. The average Bonchev–Trinajstić information content (AvgIpc) is 2.67. The molecule has 0 saturated heterocycles. The van der Waals surface area contributed by atoms with E-state index in [9.17, 15) is 0 Å². The van der Waals surface area contributed by atoms with E-state index in [4.69, 9.17) is 5.73 Å². The summed E-state index contributed by atoms with van der Waals surface area (Å²) in [4.78, 5) is 15.1. The predicted molar refractivity (Wildman–Crippen MR) is 67.5 cm³/mol. The zero-order valence-corrected chi connectivity index (χ0v) is 10.6. The highest BCUT2D eigenvalue weighted by atomic mass is 15.4. The fourth-order valence-corrected chi connectivity index (χ4v) is 2.32.